The van der Waals surface area contributed by atoms with Gasteiger partial charge < -0.3 is 9.32 Å². The molecule has 2 aromatic heterocycles. The number of hydrogen-bond acceptors (Lipinski definition) is 5. The van der Waals surface area contributed by atoms with Crippen LogP contribution in [0.1, 0.15) is 55.6 Å². The Balaban J connectivity index is 1.96. The summed E-state index contributed by atoms with van der Waals surface area (Å²) in [6.07, 6.45) is 2.89. The zero-order chi connectivity index (χ0) is 21.0. The number of aromatic nitrogens is 4. The van der Waals surface area contributed by atoms with Crippen molar-refractivity contribution in [2.75, 3.05) is 13.6 Å². The Morgan fingerprint density at radius 1 is 1.24 bits per heavy atom. The molecule has 3 rings (SSSR count). The number of aryl methyl sites for hydroxylation is 1. The van der Waals surface area contributed by atoms with Crippen molar-refractivity contribution in [3.63, 3.8) is 0 Å². The quantitative estimate of drug-likeness (QED) is 0.568. The minimum atomic E-state index is 0.0191. The second kappa shape index (κ2) is 9.03. The van der Waals surface area contributed by atoms with Gasteiger partial charge in [0.2, 0.25) is 5.89 Å². The van der Waals surface area contributed by atoms with Crippen molar-refractivity contribution in [1.29, 1.82) is 0 Å². The molecular weight excluding hydrogens is 366 g/mol. The van der Waals surface area contributed by atoms with Crippen LogP contribution in [0.5, 0.6) is 0 Å². The van der Waals surface area contributed by atoms with E-state index in [1.54, 1.807) is 11.8 Å². The van der Waals surface area contributed by atoms with E-state index < -0.39 is 0 Å². The molecule has 0 spiro atoms. The van der Waals surface area contributed by atoms with E-state index in [1.807, 2.05) is 42.1 Å². The minimum absolute atomic E-state index is 0.0191. The topological polar surface area (TPSA) is 77.1 Å². The Labute approximate surface area is 171 Å². The summed E-state index contributed by atoms with van der Waals surface area (Å²) < 4.78 is 7.42. The first kappa shape index (κ1) is 20.8. The summed E-state index contributed by atoms with van der Waals surface area (Å²) in [5.74, 6) is 1.37. The van der Waals surface area contributed by atoms with Gasteiger partial charge in [0.1, 0.15) is 5.69 Å². The predicted octanol–water partition coefficient (Wildman–Crippen LogP) is 4.30. The number of benzene rings is 1. The molecule has 0 bridgehead atoms. The van der Waals surface area contributed by atoms with Crippen LogP contribution in [0.3, 0.4) is 0 Å². The average molecular weight is 396 g/mol. The molecule has 0 N–H and O–H groups in total. The largest absolute Gasteiger partial charge is 0.420 e. The van der Waals surface area contributed by atoms with Gasteiger partial charge >= 0.3 is 0 Å². The first-order valence-electron chi connectivity index (χ1n) is 10.1. The van der Waals surface area contributed by atoms with Gasteiger partial charge in [0.05, 0.1) is 5.69 Å². The third kappa shape index (κ3) is 4.91. The first-order valence-corrected chi connectivity index (χ1v) is 10.1. The van der Waals surface area contributed by atoms with E-state index in [4.69, 9.17) is 9.52 Å². The number of rotatable bonds is 8. The van der Waals surface area contributed by atoms with Gasteiger partial charge in [-0.1, -0.05) is 33.3 Å². The van der Waals surface area contributed by atoms with Crippen LogP contribution in [0.15, 0.2) is 34.7 Å². The molecule has 29 heavy (non-hydrogen) atoms. The lowest BCUT2D eigenvalue weighted by Crippen LogP contribution is -2.27. The van der Waals surface area contributed by atoms with Gasteiger partial charge in [-0.15, -0.1) is 10.2 Å². The third-order valence-corrected chi connectivity index (χ3v) is 4.68. The summed E-state index contributed by atoms with van der Waals surface area (Å²) in [5.41, 5.74) is 3.17. The lowest BCUT2D eigenvalue weighted by Gasteiger charge is -2.17. The second-order valence-corrected chi connectivity index (χ2v) is 7.79. The van der Waals surface area contributed by atoms with Gasteiger partial charge in [-0.25, -0.2) is 4.68 Å². The van der Waals surface area contributed by atoms with E-state index in [0.717, 1.165) is 37.2 Å². The van der Waals surface area contributed by atoms with Gasteiger partial charge in [-0.3, -0.25) is 4.79 Å². The monoisotopic (exact) mass is 395 g/mol. The molecule has 0 radical (unpaired) electrons. The second-order valence-electron chi connectivity index (χ2n) is 7.79. The molecule has 1 aromatic carbocycles. The normalized spacial score (nSPS) is 11.2. The fourth-order valence-corrected chi connectivity index (χ4v) is 3.20. The molecule has 2 heterocycles. The molecule has 0 fully saturated rings. The van der Waals surface area contributed by atoms with E-state index in [9.17, 15) is 4.79 Å². The van der Waals surface area contributed by atoms with Crippen molar-refractivity contribution in [2.24, 2.45) is 5.92 Å². The fraction of sp³-hybridized carbons (Fsp3) is 0.455. The molecule has 0 aliphatic heterocycles. The van der Waals surface area contributed by atoms with Crippen LogP contribution in [0.4, 0.5) is 0 Å². The average Bonchev–Trinajstić information content (AvgIpc) is 3.31. The molecule has 7 heteroatoms. The van der Waals surface area contributed by atoms with Crippen molar-refractivity contribution in [1.82, 2.24) is 24.9 Å². The van der Waals surface area contributed by atoms with Crippen LogP contribution in [0.2, 0.25) is 0 Å². The first-order chi connectivity index (χ1) is 13.9. The van der Waals surface area contributed by atoms with Crippen LogP contribution in [-0.2, 0) is 6.42 Å². The van der Waals surface area contributed by atoms with Gasteiger partial charge in [0, 0.05) is 31.8 Å². The molecule has 0 saturated carbocycles. The molecule has 7 nitrogen and oxygen atoms in total. The van der Waals surface area contributed by atoms with Crippen LogP contribution < -0.4 is 0 Å². The SMILES string of the molecule is CCCCN(C)C(=O)c1cccc(-n2nc(-c3nnc(C)o3)cc2CC(C)C)c1. The summed E-state index contributed by atoms with van der Waals surface area (Å²) in [6, 6.07) is 9.58. The molecule has 0 atom stereocenters. The van der Waals surface area contributed by atoms with Gasteiger partial charge in [-0.05, 0) is 43.0 Å². The van der Waals surface area contributed by atoms with Gasteiger partial charge in [0.15, 0.2) is 0 Å². The van der Waals surface area contributed by atoms with Crippen LogP contribution in [0, 0.1) is 12.8 Å². The smallest absolute Gasteiger partial charge is 0.268 e. The number of unbranched alkanes of at least 4 members (excludes halogenated alkanes) is 1. The Morgan fingerprint density at radius 2 is 2.03 bits per heavy atom. The lowest BCUT2D eigenvalue weighted by atomic mass is 10.1. The maximum atomic E-state index is 12.8. The van der Waals surface area contributed by atoms with Crippen LogP contribution >= 0.6 is 0 Å². The van der Waals surface area contributed by atoms with Crippen LogP contribution in [0.25, 0.3) is 17.3 Å². The number of carbonyl (C=O) groups is 1. The lowest BCUT2D eigenvalue weighted by molar-refractivity contribution is 0.0793. The third-order valence-electron chi connectivity index (χ3n) is 4.68. The van der Waals surface area contributed by atoms with E-state index in [2.05, 4.69) is 31.0 Å². The molecule has 0 aliphatic carbocycles. The van der Waals surface area contributed by atoms with E-state index in [0.29, 0.717) is 29.0 Å². The molecule has 0 unspecified atom stereocenters. The summed E-state index contributed by atoms with van der Waals surface area (Å²) in [4.78, 5) is 14.6. The molecule has 3 aromatic rings. The summed E-state index contributed by atoms with van der Waals surface area (Å²) >= 11 is 0. The maximum Gasteiger partial charge on any atom is 0.268 e. The zero-order valence-corrected chi connectivity index (χ0v) is 17.8. The van der Waals surface area contributed by atoms with Crippen molar-refractivity contribution >= 4 is 5.91 Å². The molecular formula is C22H29N5O2. The molecule has 0 aliphatic rings. The summed E-state index contributed by atoms with van der Waals surface area (Å²) in [7, 11) is 1.85. The van der Waals surface area contributed by atoms with E-state index in [-0.39, 0.29) is 5.91 Å². The number of hydrogen-bond donors (Lipinski definition) is 0. The summed E-state index contributed by atoms with van der Waals surface area (Å²) in [5, 5.41) is 12.7. The van der Waals surface area contributed by atoms with Crippen LogP contribution in [-0.4, -0.2) is 44.4 Å². The zero-order valence-electron chi connectivity index (χ0n) is 17.8. The molecule has 0 saturated heterocycles. The number of nitrogens with zero attached hydrogens (tertiary/aromatic N) is 5. The standard InChI is InChI=1S/C22H29N5O2/c1-6-7-11-26(5)22(28)17-9-8-10-18(13-17)27-19(12-15(2)3)14-20(25-27)21-24-23-16(4)29-21/h8-10,13-15H,6-7,11-12H2,1-5H3. The highest BCUT2D eigenvalue weighted by molar-refractivity contribution is 5.94. The van der Waals surface area contributed by atoms with E-state index >= 15 is 0 Å². The highest BCUT2D eigenvalue weighted by atomic mass is 16.4. The van der Waals surface area contributed by atoms with Gasteiger partial charge in [0.25, 0.3) is 11.8 Å². The predicted molar refractivity (Wildman–Crippen MR) is 112 cm³/mol. The van der Waals surface area contributed by atoms with Crippen molar-refractivity contribution in [3.05, 3.63) is 47.5 Å². The van der Waals surface area contributed by atoms with Crippen molar-refractivity contribution in [2.45, 2.75) is 47.0 Å². The van der Waals surface area contributed by atoms with Crippen molar-refractivity contribution < 1.29 is 9.21 Å². The highest BCUT2D eigenvalue weighted by Crippen LogP contribution is 2.23. The molecule has 1 amide bonds. The van der Waals surface area contributed by atoms with E-state index in [1.165, 1.54) is 0 Å². The Hall–Kier alpha value is -2.96. The Kier molecular flexibility index (Phi) is 6.46. The fourth-order valence-electron chi connectivity index (χ4n) is 3.20. The summed E-state index contributed by atoms with van der Waals surface area (Å²) in [6.45, 7) is 8.95. The Bertz CT molecular complexity index is 973. The number of amides is 1. The molecule has 154 valence electrons. The van der Waals surface area contributed by atoms with Gasteiger partial charge in [-0.2, -0.15) is 5.10 Å². The number of carbonyl (C=O) groups excluding carboxylic acids is 1. The van der Waals surface area contributed by atoms with Crippen molar-refractivity contribution in [3.8, 4) is 17.3 Å². The highest BCUT2D eigenvalue weighted by Gasteiger charge is 2.18. The Morgan fingerprint density at radius 3 is 2.69 bits per heavy atom. The minimum Gasteiger partial charge on any atom is -0.420 e. The maximum absolute atomic E-state index is 12.8.